The molecule has 1 aromatic rings. The number of ether oxygens (including phenoxy) is 2. The second kappa shape index (κ2) is 9.96. The van der Waals surface area contributed by atoms with E-state index in [1.165, 1.54) is 11.1 Å². The minimum Gasteiger partial charge on any atom is -0.396 e. The van der Waals surface area contributed by atoms with E-state index in [0.29, 0.717) is 19.1 Å². The molecule has 0 bridgehead atoms. The lowest BCUT2D eigenvalue weighted by Crippen LogP contribution is -2.12. The van der Waals surface area contributed by atoms with E-state index in [-0.39, 0.29) is 6.61 Å². The van der Waals surface area contributed by atoms with Crippen molar-refractivity contribution in [2.45, 2.75) is 26.2 Å². The molecular formula is C16H26O3. The second-order valence-electron chi connectivity index (χ2n) is 4.93. The van der Waals surface area contributed by atoms with Gasteiger partial charge in [-0.3, -0.25) is 0 Å². The summed E-state index contributed by atoms with van der Waals surface area (Å²) in [5.41, 5.74) is 2.64. The molecule has 0 fully saturated rings. The van der Waals surface area contributed by atoms with E-state index >= 15 is 0 Å². The molecular weight excluding hydrogens is 240 g/mol. The van der Waals surface area contributed by atoms with Crippen LogP contribution < -0.4 is 0 Å². The first-order valence-electron chi connectivity index (χ1n) is 7.00. The zero-order valence-corrected chi connectivity index (χ0v) is 12.1. The van der Waals surface area contributed by atoms with Crippen LogP contribution in [0, 0.1) is 12.8 Å². The van der Waals surface area contributed by atoms with Gasteiger partial charge in [-0.05, 0) is 43.2 Å². The SMILES string of the molecule is COCCOCCCC(CO)Cc1ccccc1C. The number of aliphatic hydroxyl groups is 1. The molecule has 0 aliphatic rings. The number of methoxy groups -OCH3 is 1. The van der Waals surface area contributed by atoms with E-state index in [2.05, 4.69) is 31.2 Å². The summed E-state index contributed by atoms with van der Waals surface area (Å²) >= 11 is 0. The fourth-order valence-electron chi connectivity index (χ4n) is 2.13. The summed E-state index contributed by atoms with van der Waals surface area (Å²) < 4.78 is 10.4. The smallest absolute Gasteiger partial charge is 0.0700 e. The van der Waals surface area contributed by atoms with Gasteiger partial charge in [-0.2, -0.15) is 0 Å². The molecule has 3 nitrogen and oxygen atoms in total. The van der Waals surface area contributed by atoms with Gasteiger partial charge in [-0.1, -0.05) is 24.3 Å². The van der Waals surface area contributed by atoms with Crippen molar-refractivity contribution in [1.29, 1.82) is 0 Å². The standard InChI is InChI=1S/C16H26O3/c1-14-6-3-4-8-16(14)12-15(13-17)7-5-9-19-11-10-18-2/h3-4,6,8,15,17H,5,7,9-13H2,1-2H3. The van der Waals surface area contributed by atoms with Crippen molar-refractivity contribution in [3.05, 3.63) is 35.4 Å². The number of aryl methyl sites for hydroxylation is 1. The average molecular weight is 266 g/mol. The van der Waals surface area contributed by atoms with Gasteiger partial charge in [0.2, 0.25) is 0 Å². The number of rotatable bonds is 10. The first kappa shape index (κ1) is 16.2. The Hall–Kier alpha value is -0.900. The quantitative estimate of drug-likeness (QED) is 0.662. The minimum atomic E-state index is 0.242. The Morgan fingerprint density at radius 1 is 1.16 bits per heavy atom. The molecule has 0 aliphatic carbocycles. The Morgan fingerprint density at radius 3 is 2.63 bits per heavy atom. The predicted octanol–water partition coefficient (Wildman–Crippen LogP) is 2.59. The third-order valence-corrected chi connectivity index (χ3v) is 3.36. The average Bonchev–Trinajstić information content (AvgIpc) is 2.43. The molecule has 1 rings (SSSR count). The van der Waals surface area contributed by atoms with Crippen LogP contribution in [0.4, 0.5) is 0 Å². The van der Waals surface area contributed by atoms with Crippen molar-refractivity contribution in [2.24, 2.45) is 5.92 Å². The van der Waals surface area contributed by atoms with Gasteiger partial charge in [0, 0.05) is 20.3 Å². The highest BCUT2D eigenvalue weighted by molar-refractivity contribution is 5.25. The lowest BCUT2D eigenvalue weighted by Gasteiger charge is -2.15. The summed E-state index contributed by atoms with van der Waals surface area (Å²) in [6.45, 7) is 4.41. The van der Waals surface area contributed by atoms with E-state index < -0.39 is 0 Å². The second-order valence-corrected chi connectivity index (χ2v) is 4.93. The Balaban J connectivity index is 2.24. The number of hydrogen-bond acceptors (Lipinski definition) is 3. The van der Waals surface area contributed by atoms with E-state index in [1.54, 1.807) is 7.11 Å². The largest absolute Gasteiger partial charge is 0.396 e. The maximum absolute atomic E-state index is 9.46. The summed E-state index contributed by atoms with van der Waals surface area (Å²) in [5.74, 6) is 0.326. The van der Waals surface area contributed by atoms with E-state index in [9.17, 15) is 5.11 Å². The highest BCUT2D eigenvalue weighted by Gasteiger charge is 2.09. The molecule has 0 heterocycles. The van der Waals surface area contributed by atoms with Crippen LogP contribution in [0.1, 0.15) is 24.0 Å². The van der Waals surface area contributed by atoms with Gasteiger partial charge in [-0.25, -0.2) is 0 Å². The summed E-state index contributed by atoms with van der Waals surface area (Å²) in [6, 6.07) is 8.38. The van der Waals surface area contributed by atoms with Gasteiger partial charge < -0.3 is 14.6 Å². The van der Waals surface area contributed by atoms with Crippen LogP contribution in [0.15, 0.2) is 24.3 Å². The van der Waals surface area contributed by atoms with Crippen LogP contribution in [0.5, 0.6) is 0 Å². The normalized spacial score (nSPS) is 12.6. The molecule has 0 aliphatic heterocycles. The Labute approximate surface area is 116 Å². The van der Waals surface area contributed by atoms with Crippen molar-refractivity contribution >= 4 is 0 Å². The van der Waals surface area contributed by atoms with E-state index in [0.717, 1.165) is 25.9 Å². The van der Waals surface area contributed by atoms with Crippen LogP contribution in [-0.2, 0) is 15.9 Å². The van der Waals surface area contributed by atoms with Gasteiger partial charge in [-0.15, -0.1) is 0 Å². The van der Waals surface area contributed by atoms with Gasteiger partial charge in [0.05, 0.1) is 13.2 Å². The van der Waals surface area contributed by atoms with Gasteiger partial charge in [0.15, 0.2) is 0 Å². The highest BCUT2D eigenvalue weighted by Crippen LogP contribution is 2.16. The zero-order valence-electron chi connectivity index (χ0n) is 12.1. The number of aliphatic hydroxyl groups excluding tert-OH is 1. The van der Waals surface area contributed by atoms with Gasteiger partial charge >= 0.3 is 0 Å². The molecule has 0 amide bonds. The molecule has 1 atom stereocenters. The van der Waals surface area contributed by atoms with Crippen LogP contribution >= 0.6 is 0 Å². The monoisotopic (exact) mass is 266 g/mol. The first-order chi connectivity index (χ1) is 9.27. The van der Waals surface area contributed by atoms with Gasteiger partial charge in [0.25, 0.3) is 0 Å². The lowest BCUT2D eigenvalue weighted by molar-refractivity contribution is 0.0657. The van der Waals surface area contributed by atoms with Crippen molar-refractivity contribution in [1.82, 2.24) is 0 Å². The topological polar surface area (TPSA) is 38.7 Å². The molecule has 0 saturated carbocycles. The maximum Gasteiger partial charge on any atom is 0.0700 e. The molecule has 1 aromatic carbocycles. The lowest BCUT2D eigenvalue weighted by atomic mass is 9.93. The first-order valence-corrected chi connectivity index (χ1v) is 7.00. The summed E-state index contributed by atoms with van der Waals surface area (Å²) in [4.78, 5) is 0. The Kier molecular flexibility index (Phi) is 8.47. The Morgan fingerprint density at radius 2 is 1.95 bits per heavy atom. The molecule has 0 radical (unpaired) electrons. The van der Waals surface area contributed by atoms with E-state index in [1.807, 2.05) is 0 Å². The third kappa shape index (κ3) is 6.71. The molecule has 0 saturated heterocycles. The molecule has 1 N–H and O–H groups in total. The van der Waals surface area contributed by atoms with Crippen LogP contribution in [0.2, 0.25) is 0 Å². The van der Waals surface area contributed by atoms with Gasteiger partial charge in [0.1, 0.15) is 0 Å². The van der Waals surface area contributed by atoms with Crippen molar-refractivity contribution in [2.75, 3.05) is 33.5 Å². The summed E-state index contributed by atoms with van der Waals surface area (Å²) in [6.07, 6.45) is 2.93. The Bertz CT molecular complexity index is 339. The molecule has 19 heavy (non-hydrogen) atoms. The molecule has 108 valence electrons. The number of hydrogen-bond donors (Lipinski definition) is 1. The van der Waals surface area contributed by atoms with Crippen LogP contribution in [0.25, 0.3) is 0 Å². The predicted molar refractivity (Wildman–Crippen MR) is 77.4 cm³/mol. The summed E-state index contributed by atoms with van der Waals surface area (Å²) in [5, 5.41) is 9.46. The zero-order chi connectivity index (χ0) is 13.9. The van der Waals surface area contributed by atoms with Crippen molar-refractivity contribution in [3.8, 4) is 0 Å². The molecule has 0 aromatic heterocycles. The molecule has 1 unspecified atom stereocenters. The third-order valence-electron chi connectivity index (χ3n) is 3.36. The maximum atomic E-state index is 9.46. The minimum absolute atomic E-state index is 0.242. The molecule has 3 heteroatoms. The number of benzene rings is 1. The molecule has 0 spiro atoms. The van der Waals surface area contributed by atoms with Crippen molar-refractivity contribution in [3.63, 3.8) is 0 Å². The summed E-state index contributed by atoms with van der Waals surface area (Å²) in [7, 11) is 1.67. The van der Waals surface area contributed by atoms with E-state index in [4.69, 9.17) is 9.47 Å². The fourth-order valence-corrected chi connectivity index (χ4v) is 2.13. The van der Waals surface area contributed by atoms with Crippen LogP contribution in [-0.4, -0.2) is 38.6 Å². The highest BCUT2D eigenvalue weighted by atomic mass is 16.5. The fraction of sp³-hybridized carbons (Fsp3) is 0.625. The van der Waals surface area contributed by atoms with Crippen molar-refractivity contribution < 1.29 is 14.6 Å². The van der Waals surface area contributed by atoms with Crippen LogP contribution in [0.3, 0.4) is 0 Å².